The number of aliphatic carboxylic acids is 1. The number of nitrogens with one attached hydrogen (secondary N) is 1. The van der Waals surface area contributed by atoms with E-state index >= 15 is 0 Å². The highest BCUT2D eigenvalue weighted by molar-refractivity contribution is 5.83. The third-order valence-corrected chi connectivity index (χ3v) is 3.14. The van der Waals surface area contributed by atoms with Crippen molar-refractivity contribution in [3.8, 4) is 0 Å². The summed E-state index contributed by atoms with van der Waals surface area (Å²) < 4.78 is 12.8. The first kappa shape index (κ1) is 16.1. The van der Waals surface area contributed by atoms with Gasteiger partial charge in [-0.05, 0) is 30.0 Å². The van der Waals surface area contributed by atoms with E-state index in [4.69, 9.17) is 5.11 Å². The molecule has 0 heterocycles. The van der Waals surface area contributed by atoms with Crippen molar-refractivity contribution < 1.29 is 19.1 Å². The lowest BCUT2D eigenvalue weighted by Crippen LogP contribution is -2.40. The zero-order valence-electron chi connectivity index (χ0n) is 11.7. The monoisotopic (exact) mass is 281 g/mol. The maximum absolute atomic E-state index is 12.8. The molecule has 20 heavy (non-hydrogen) atoms. The van der Waals surface area contributed by atoms with Gasteiger partial charge in [-0.15, -0.1) is 0 Å². The van der Waals surface area contributed by atoms with Gasteiger partial charge in [0.2, 0.25) is 5.91 Å². The summed E-state index contributed by atoms with van der Waals surface area (Å²) in [7, 11) is 0. The highest BCUT2D eigenvalue weighted by atomic mass is 19.1. The van der Waals surface area contributed by atoms with Gasteiger partial charge in [-0.3, -0.25) is 4.79 Å². The quantitative estimate of drug-likeness (QED) is 0.807. The van der Waals surface area contributed by atoms with Gasteiger partial charge in [0, 0.05) is 6.42 Å². The molecule has 0 radical (unpaired) electrons. The average molecular weight is 281 g/mol. The van der Waals surface area contributed by atoms with E-state index < -0.39 is 12.0 Å². The summed E-state index contributed by atoms with van der Waals surface area (Å²) in [6.07, 6.45) is 1.27. The van der Waals surface area contributed by atoms with E-state index in [1.165, 1.54) is 12.1 Å². The number of hydrogen-bond donors (Lipinski definition) is 2. The Labute approximate surface area is 118 Å². The molecule has 4 nitrogen and oxygen atoms in total. The van der Waals surface area contributed by atoms with Crippen molar-refractivity contribution in [2.24, 2.45) is 0 Å². The zero-order valence-corrected chi connectivity index (χ0v) is 11.7. The minimum Gasteiger partial charge on any atom is -0.480 e. The smallest absolute Gasteiger partial charge is 0.326 e. The summed E-state index contributed by atoms with van der Waals surface area (Å²) in [5, 5.41) is 11.5. The van der Waals surface area contributed by atoms with Gasteiger partial charge < -0.3 is 10.4 Å². The zero-order chi connectivity index (χ0) is 15.1. The molecule has 0 saturated carbocycles. The first-order chi connectivity index (χ1) is 9.43. The van der Waals surface area contributed by atoms with Gasteiger partial charge in [0.05, 0.1) is 0 Å². The summed E-state index contributed by atoms with van der Waals surface area (Å²) in [5.74, 6) is -1.73. The molecular formula is C15H20FNO3. The van der Waals surface area contributed by atoms with Crippen molar-refractivity contribution >= 4 is 11.9 Å². The van der Waals surface area contributed by atoms with Crippen molar-refractivity contribution in [2.45, 2.75) is 45.1 Å². The average Bonchev–Trinajstić information content (AvgIpc) is 2.38. The largest absolute Gasteiger partial charge is 0.480 e. The second-order valence-corrected chi connectivity index (χ2v) is 4.90. The number of hydrogen-bond acceptors (Lipinski definition) is 2. The molecule has 1 amide bonds. The molecule has 2 unspecified atom stereocenters. The molecule has 0 aliphatic rings. The first-order valence-corrected chi connectivity index (χ1v) is 6.71. The molecule has 0 bridgehead atoms. The van der Waals surface area contributed by atoms with Crippen molar-refractivity contribution in [3.05, 3.63) is 35.6 Å². The fourth-order valence-electron chi connectivity index (χ4n) is 1.99. The Bertz CT molecular complexity index is 459. The normalized spacial score (nSPS) is 13.6. The summed E-state index contributed by atoms with van der Waals surface area (Å²) >= 11 is 0. The van der Waals surface area contributed by atoms with E-state index in [1.807, 2.05) is 13.8 Å². The molecular weight excluding hydrogens is 261 g/mol. The predicted octanol–water partition coefficient (Wildman–Crippen LogP) is 2.69. The minimum absolute atomic E-state index is 0.0910. The van der Waals surface area contributed by atoms with Crippen LogP contribution in [-0.2, 0) is 9.59 Å². The lowest BCUT2D eigenvalue weighted by molar-refractivity contribution is -0.142. The van der Waals surface area contributed by atoms with Crippen LogP contribution in [0.2, 0.25) is 0 Å². The van der Waals surface area contributed by atoms with Crippen molar-refractivity contribution in [2.75, 3.05) is 0 Å². The maximum atomic E-state index is 12.8. The van der Waals surface area contributed by atoms with E-state index in [1.54, 1.807) is 12.1 Å². The van der Waals surface area contributed by atoms with Crippen LogP contribution in [0.25, 0.3) is 0 Å². The molecule has 5 heteroatoms. The number of carbonyl (C=O) groups is 2. The van der Waals surface area contributed by atoms with Crippen molar-refractivity contribution in [1.29, 1.82) is 0 Å². The van der Waals surface area contributed by atoms with Crippen molar-refractivity contribution in [3.63, 3.8) is 0 Å². The van der Waals surface area contributed by atoms with Crippen LogP contribution in [0.1, 0.15) is 44.6 Å². The molecule has 0 spiro atoms. The second kappa shape index (κ2) is 7.62. The lowest BCUT2D eigenvalue weighted by atomic mass is 9.97. The van der Waals surface area contributed by atoms with E-state index in [0.29, 0.717) is 12.8 Å². The Morgan fingerprint density at radius 2 is 1.90 bits per heavy atom. The number of halogens is 1. The van der Waals surface area contributed by atoms with Gasteiger partial charge in [-0.1, -0.05) is 32.4 Å². The van der Waals surface area contributed by atoms with Gasteiger partial charge >= 0.3 is 5.97 Å². The van der Waals surface area contributed by atoms with E-state index in [0.717, 1.165) is 5.56 Å². The molecule has 0 fully saturated rings. The molecule has 1 aromatic carbocycles. The fraction of sp³-hybridized carbons (Fsp3) is 0.467. The highest BCUT2D eigenvalue weighted by Crippen LogP contribution is 2.19. The SMILES string of the molecule is CCCC(NC(=O)CC(C)c1ccc(F)cc1)C(=O)O. The molecule has 1 aromatic rings. The van der Waals surface area contributed by atoms with Gasteiger partial charge in [-0.2, -0.15) is 0 Å². The third-order valence-electron chi connectivity index (χ3n) is 3.14. The maximum Gasteiger partial charge on any atom is 0.326 e. The molecule has 2 atom stereocenters. The minimum atomic E-state index is -1.02. The van der Waals surface area contributed by atoms with Crippen LogP contribution in [0.15, 0.2) is 24.3 Å². The van der Waals surface area contributed by atoms with Crippen LogP contribution < -0.4 is 5.32 Å². The fourth-order valence-corrected chi connectivity index (χ4v) is 1.99. The van der Waals surface area contributed by atoms with Gasteiger partial charge in [0.25, 0.3) is 0 Å². The van der Waals surface area contributed by atoms with Crippen LogP contribution >= 0.6 is 0 Å². The summed E-state index contributed by atoms with van der Waals surface area (Å²) in [6, 6.07) is 5.12. The van der Waals surface area contributed by atoms with Gasteiger partial charge in [-0.25, -0.2) is 9.18 Å². The first-order valence-electron chi connectivity index (χ1n) is 6.71. The number of carbonyl (C=O) groups excluding carboxylic acids is 1. The summed E-state index contributed by atoms with van der Waals surface area (Å²) in [5.41, 5.74) is 0.851. The van der Waals surface area contributed by atoms with E-state index in [-0.39, 0.29) is 24.1 Å². The van der Waals surface area contributed by atoms with Crippen LogP contribution in [0.5, 0.6) is 0 Å². The molecule has 0 aliphatic carbocycles. The van der Waals surface area contributed by atoms with E-state index in [2.05, 4.69) is 5.32 Å². The van der Waals surface area contributed by atoms with Crippen LogP contribution in [0.4, 0.5) is 4.39 Å². The second-order valence-electron chi connectivity index (χ2n) is 4.90. The van der Waals surface area contributed by atoms with Crippen molar-refractivity contribution in [1.82, 2.24) is 5.32 Å². The molecule has 1 rings (SSSR count). The summed E-state index contributed by atoms with van der Waals surface area (Å²) in [6.45, 7) is 3.71. The predicted molar refractivity (Wildman–Crippen MR) is 73.9 cm³/mol. The third kappa shape index (κ3) is 4.99. The molecule has 0 aromatic heterocycles. The molecule has 0 aliphatic heterocycles. The Morgan fingerprint density at radius 1 is 1.30 bits per heavy atom. The molecule has 2 N–H and O–H groups in total. The number of carboxylic acid groups (broad SMARTS) is 1. The van der Waals surface area contributed by atoms with E-state index in [9.17, 15) is 14.0 Å². The van der Waals surface area contributed by atoms with Gasteiger partial charge in [0.15, 0.2) is 0 Å². The molecule has 110 valence electrons. The Morgan fingerprint density at radius 3 is 2.40 bits per heavy atom. The Balaban J connectivity index is 2.56. The Kier molecular flexibility index (Phi) is 6.15. The molecule has 0 saturated heterocycles. The van der Waals surface area contributed by atoms with Crippen LogP contribution in [0.3, 0.4) is 0 Å². The number of rotatable bonds is 7. The van der Waals surface area contributed by atoms with Gasteiger partial charge in [0.1, 0.15) is 11.9 Å². The number of carboxylic acids is 1. The highest BCUT2D eigenvalue weighted by Gasteiger charge is 2.20. The standard InChI is InChI=1S/C15H20FNO3/c1-3-4-13(15(19)20)17-14(18)9-10(2)11-5-7-12(16)8-6-11/h5-8,10,13H,3-4,9H2,1-2H3,(H,17,18)(H,19,20). The lowest BCUT2D eigenvalue weighted by Gasteiger charge is -2.16. The van der Waals surface area contributed by atoms with Crippen LogP contribution in [0, 0.1) is 5.82 Å². The number of amides is 1. The van der Waals surface area contributed by atoms with Crippen LogP contribution in [-0.4, -0.2) is 23.0 Å². The summed E-state index contributed by atoms with van der Waals surface area (Å²) in [4.78, 5) is 22.8. The number of benzene rings is 1. The topological polar surface area (TPSA) is 66.4 Å². The Hall–Kier alpha value is -1.91.